The number of carbonyl (C=O) groups excluding carboxylic acids is 2. The Kier molecular flexibility index (Phi) is 8.02. The molecule has 0 bridgehead atoms. The van der Waals surface area contributed by atoms with Crippen LogP contribution >= 0.6 is 0 Å². The third-order valence-corrected chi connectivity index (χ3v) is 7.70. The van der Waals surface area contributed by atoms with Crippen LogP contribution in [0.15, 0.2) is 54.7 Å². The molecule has 5 heteroatoms. The highest BCUT2D eigenvalue weighted by molar-refractivity contribution is 5.90. The minimum atomic E-state index is -0.771. The summed E-state index contributed by atoms with van der Waals surface area (Å²) in [7, 11) is 0. The number of hydrogen-bond donors (Lipinski definition) is 1. The van der Waals surface area contributed by atoms with Crippen molar-refractivity contribution in [1.29, 1.82) is 0 Å². The van der Waals surface area contributed by atoms with Crippen molar-refractivity contribution < 1.29 is 9.59 Å². The minimum Gasteiger partial charge on any atom is -0.351 e. The molecule has 0 radical (unpaired) electrons. The van der Waals surface area contributed by atoms with Gasteiger partial charge in [0, 0.05) is 18.2 Å². The molecule has 34 heavy (non-hydrogen) atoms. The summed E-state index contributed by atoms with van der Waals surface area (Å²) in [5.41, 5.74) is 0.969. The van der Waals surface area contributed by atoms with Crippen molar-refractivity contribution in [2.45, 2.75) is 95.7 Å². The number of hydrogen-bond acceptors (Lipinski definition) is 3. The predicted octanol–water partition coefficient (Wildman–Crippen LogP) is 5.92. The molecule has 1 atom stereocenters. The molecule has 1 heterocycles. The molecule has 2 aromatic rings. The van der Waals surface area contributed by atoms with E-state index in [1.807, 2.05) is 41.3 Å². The van der Waals surface area contributed by atoms with E-state index in [4.69, 9.17) is 0 Å². The molecule has 1 aromatic heterocycles. The second-order valence-electron chi connectivity index (χ2n) is 10.5. The van der Waals surface area contributed by atoms with Gasteiger partial charge in [-0.05, 0) is 57.2 Å². The van der Waals surface area contributed by atoms with Crippen LogP contribution in [0.5, 0.6) is 0 Å². The average molecular weight is 462 g/mol. The third-order valence-electron chi connectivity index (χ3n) is 7.70. The van der Waals surface area contributed by atoms with Gasteiger partial charge in [-0.3, -0.25) is 14.6 Å². The molecule has 1 unspecified atom stereocenters. The quantitative estimate of drug-likeness (QED) is 0.557. The molecule has 182 valence electrons. The highest BCUT2D eigenvalue weighted by atomic mass is 16.2. The van der Waals surface area contributed by atoms with Crippen LogP contribution in [0.4, 0.5) is 0 Å². The van der Waals surface area contributed by atoms with Crippen molar-refractivity contribution in [3.63, 3.8) is 0 Å². The van der Waals surface area contributed by atoms with Crippen LogP contribution in [-0.2, 0) is 15.1 Å². The molecule has 1 aromatic carbocycles. The standard InChI is InChI=1S/C29H39N3O2/c1-29(2,23-16-8-4-9-17-23)32(28(34)22-14-6-3-7-15-22)26(25-20-12-13-21-30-25)27(33)31-24-18-10-5-11-19-24/h4,8-9,12-13,16-17,20-22,24,26H,3,5-7,10-11,14-15,18-19H2,1-2H3,(H,31,33). The monoisotopic (exact) mass is 461 g/mol. The maximum atomic E-state index is 14.2. The topological polar surface area (TPSA) is 62.3 Å². The lowest BCUT2D eigenvalue weighted by molar-refractivity contribution is -0.152. The fourth-order valence-electron chi connectivity index (χ4n) is 5.71. The van der Waals surface area contributed by atoms with Crippen molar-refractivity contribution in [1.82, 2.24) is 15.2 Å². The molecule has 2 fully saturated rings. The summed E-state index contributed by atoms with van der Waals surface area (Å²) in [6.45, 7) is 4.12. The van der Waals surface area contributed by atoms with Gasteiger partial charge in [0.2, 0.25) is 11.8 Å². The third kappa shape index (κ3) is 5.51. The van der Waals surface area contributed by atoms with E-state index in [0.29, 0.717) is 5.69 Å². The lowest BCUT2D eigenvalue weighted by atomic mass is 9.83. The lowest BCUT2D eigenvalue weighted by Crippen LogP contribution is -2.55. The maximum Gasteiger partial charge on any atom is 0.249 e. The van der Waals surface area contributed by atoms with E-state index in [1.165, 1.54) is 12.8 Å². The van der Waals surface area contributed by atoms with Gasteiger partial charge in [0.05, 0.1) is 11.2 Å². The zero-order chi connectivity index (χ0) is 24.0. The zero-order valence-corrected chi connectivity index (χ0v) is 20.7. The predicted molar refractivity (Wildman–Crippen MR) is 135 cm³/mol. The largest absolute Gasteiger partial charge is 0.351 e. The van der Waals surface area contributed by atoms with E-state index in [0.717, 1.165) is 56.9 Å². The minimum absolute atomic E-state index is 0.0505. The Hall–Kier alpha value is -2.69. The van der Waals surface area contributed by atoms with Crippen molar-refractivity contribution >= 4 is 11.8 Å². The summed E-state index contributed by atoms with van der Waals surface area (Å²) >= 11 is 0. The number of pyridine rings is 1. The van der Waals surface area contributed by atoms with Crippen molar-refractivity contribution in [2.75, 3.05) is 0 Å². The number of nitrogens with zero attached hydrogens (tertiary/aromatic N) is 2. The van der Waals surface area contributed by atoms with E-state index in [9.17, 15) is 9.59 Å². The summed E-state index contributed by atoms with van der Waals surface area (Å²) in [5.74, 6) is -0.0906. The first-order valence-electron chi connectivity index (χ1n) is 13.1. The van der Waals surface area contributed by atoms with Gasteiger partial charge in [-0.2, -0.15) is 0 Å². The van der Waals surface area contributed by atoms with Crippen LogP contribution in [0.1, 0.15) is 95.4 Å². The smallest absolute Gasteiger partial charge is 0.249 e. The first-order chi connectivity index (χ1) is 16.5. The first-order valence-corrected chi connectivity index (χ1v) is 13.1. The molecular weight excluding hydrogens is 422 g/mol. The van der Waals surface area contributed by atoms with E-state index >= 15 is 0 Å². The Morgan fingerprint density at radius 3 is 2.12 bits per heavy atom. The first kappa shape index (κ1) is 24.4. The number of amides is 2. The normalized spacial score (nSPS) is 18.8. The molecule has 0 saturated heterocycles. The van der Waals surface area contributed by atoms with Gasteiger partial charge in [0.1, 0.15) is 0 Å². The number of carbonyl (C=O) groups is 2. The van der Waals surface area contributed by atoms with Gasteiger partial charge >= 0.3 is 0 Å². The van der Waals surface area contributed by atoms with Crippen LogP contribution in [0, 0.1) is 5.92 Å². The van der Waals surface area contributed by atoms with Crippen LogP contribution in [0.3, 0.4) is 0 Å². The highest BCUT2D eigenvalue weighted by Gasteiger charge is 2.45. The molecule has 4 rings (SSSR count). The number of aromatic nitrogens is 1. The Bertz CT molecular complexity index is 932. The lowest BCUT2D eigenvalue weighted by Gasteiger charge is -2.45. The highest BCUT2D eigenvalue weighted by Crippen LogP contribution is 2.39. The van der Waals surface area contributed by atoms with Gasteiger partial charge in [-0.1, -0.05) is 74.9 Å². The van der Waals surface area contributed by atoms with Gasteiger partial charge in [0.25, 0.3) is 0 Å². The van der Waals surface area contributed by atoms with Crippen LogP contribution in [-0.4, -0.2) is 27.7 Å². The second kappa shape index (κ2) is 11.2. The summed E-state index contributed by atoms with van der Waals surface area (Å²) in [6.07, 6.45) is 12.3. The molecule has 0 aliphatic heterocycles. The maximum absolute atomic E-state index is 14.2. The van der Waals surface area contributed by atoms with Crippen LogP contribution < -0.4 is 5.32 Å². The van der Waals surface area contributed by atoms with E-state index < -0.39 is 11.6 Å². The van der Waals surface area contributed by atoms with Crippen LogP contribution in [0.2, 0.25) is 0 Å². The van der Waals surface area contributed by atoms with E-state index in [-0.39, 0.29) is 23.8 Å². The summed E-state index contributed by atoms with van der Waals surface area (Å²) in [4.78, 5) is 34.7. The molecule has 2 aliphatic rings. The zero-order valence-electron chi connectivity index (χ0n) is 20.7. The molecule has 5 nitrogen and oxygen atoms in total. The van der Waals surface area contributed by atoms with Gasteiger partial charge in [-0.15, -0.1) is 0 Å². The van der Waals surface area contributed by atoms with Crippen molar-refractivity contribution in [2.24, 2.45) is 5.92 Å². The van der Waals surface area contributed by atoms with Crippen molar-refractivity contribution in [3.8, 4) is 0 Å². The molecule has 1 N–H and O–H groups in total. The van der Waals surface area contributed by atoms with E-state index in [2.05, 4.69) is 36.3 Å². The molecule has 2 amide bonds. The van der Waals surface area contributed by atoms with Gasteiger partial charge < -0.3 is 10.2 Å². The number of nitrogens with one attached hydrogen (secondary N) is 1. The Morgan fingerprint density at radius 2 is 1.50 bits per heavy atom. The Morgan fingerprint density at radius 1 is 0.882 bits per heavy atom. The van der Waals surface area contributed by atoms with Gasteiger partial charge in [-0.25, -0.2) is 0 Å². The van der Waals surface area contributed by atoms with Crippen molar-refractivity contribution in [3.05, 3.63) is 66.0 Å². The molecular formula is C29H39N3O2. The van der Waals surface area contributed by atoms with Crippen LogP contribution in [0.25, 0.3) is 0 Å². The fraction of sp³-hybridized carbons (Fsp3) is 0.552. The molecule has 0 spiro atoms. The average Bonchev–Trinajstić information content (AvgIpc) is 2.88. The Labute approximate surface area is 204 Å². The number of benzene rings is 1. The Balaban J connectivity index is 1.76. The molecule has 2 saturated carbocycles. The molecule has 2 aliphatic carbocycles. The van der Waals surface area contributed by atoms with E-state index in [1.54, 1.807) is 6.20 Å². The fourth-order valence-corrected chi connectivity index (χ4v) is 5.71. The summed E-state index contributed by atoms with van der Waals surface area (Å²) in [5, 5.41) is 3.31. The SMILES string of the molecule is CC(C)(c1ccccc1)N(C(=O)C1CCCCC1)C(C(=O)NC1CCCCC1)c1ccccn1. The summed E-state index contributed by atoms with van der Waals surface area (Å²) in [6, 6.07) is 15.1. The second-order valence-corrected chi connectivity index (χ2v) is 10.5. The number of rotatable bonds is 7. The summed E-state index contributed by atoms with van der Waals surface area (Å²) < 4.78 is 0. The van der Waals surface area contributed by atoms with Gasteiger partial charge in [0.15, 0.2) is 6.04 Å².